The fourth-order valence-corrected chi connectivity index (χ4v) is 1.72. The summed E-state index contributed by atoms with van der Waals surface area (Å²) < 4.78 is 0. The van der Waals surface area contributed by atoms with Crippen LogP contribution in [0.3, 0.4) is 0 Å². The highest BCUT2D eigenvalue weighted by Gasteiger charge is 2.21. The monoisotopic (exact) mass is 269 g/mol. The number of aliphatic hydroxyl groups is 1. The van der Waals surface area contributed by atoms with Crippen LogP contribution in [0.25, 0.3) is 0 Å². The summed E-state index contributed by atoms with van der Waals surface area (Å²) in [5, 5.41) is 13.0. The van der Waals surface area contributed by atoms with E-state index in [-0.39, 0.29) is 11.3 Å². The topological polar surface area (TPSA) is 49.3 Å². The zero-order valence-corrected chi connectivity index (χ0v) is 11.8. The first-order valence-electron chi connectivity index (χ1n) is 6.03. The van der Waals surface area contributed by atoms with Gasteiger partial charge in [-0.15, -0.1) is 0 Å². The fourth-order valence-electron chi connectivity index (χ4n) is 1.50. The van der Waals surface area contributed by atoms with Gasteiger partial charge in [-0.3, -0.25) is 4.79 Å². The normalized spacial score (nSPS) is 13.2. The average Bonchev–Trinajstić information content (AvgIpc) is 2.28. The lowest BCUT2D eigenvalue weighted by Gasteiger charge is -2.25. The summed E-state index contributed by atoms with van der Waals surface area (Å²) >= 11 is 5.92. The zero-order valence-electron chi connectivity index (χ0n) is 11.0. The number of carbonyl (C=O) groups excluding carboxylic acids is 1. The molecule has 0 aromatic heterocycles. The number of aliphatic hydroxyl groups excluding tert-OH is 1. The number of amides is 1. The second-order valence-electron chi connectivity index (χ2n) is 5.41. The van der Waals surface area contributed by atoms with Gasteiger partial charge in [-0.25, -0.2) is 0 Å². The van der Waals surface area contributed by atoms with Gasteiger partial charge in [-0.05, 0) is 24.0 Å². The smallest absolute Gasteiger partial charge is 0.252 e. The summed E-state index contributed by atoms with van der Waals surface area (Å²) in [6, 6.07) is 6.91. The molecule has 1 atom stereocenters. The number of carbonyl (C=O) groups is 1. The van der Waals surface area contributed by atoms with Gasteiger partial charge in [0, 0.05) is 6.54 Å². The van der Waals surface area contributed by atoms with E-state index < -0.39 is 6.10 Å². The Hall–Kier alpha value is -1.06. The molecule has 0 spiro atoms. The van der Waals surface area contributed by atoms with E-state index in [0.717, 1.165) is 0 Å². The summed E-state index contributed by atoms with van der Waals surface area (Å²) in [5.41, 5.74) is 0.291. The number of nitrogens with one attached hydrogen (secondary N) is 1. The number of rotatable bonds is 4. The molecule has 4 heteroatoms. The summed E-state index contributed by atoms with van der Waals surface area (Å²) in [6.07, 6.45) is 0.0868. The molecule has 1 aromatic carbocycles. The number of halogens is 1. The van der Waals surface area contributed by atoms with Crippen LogP contribution in [0, 0.1) is 5.41 Å². The van der Waals surface area contributed by atoms with Gasteiger partial charge in [-0.2, -0.15) is 0 Å². The molecular formula is C14H20ClNO2. The largest absolute Gasteiger partial charge is 0.393 e. The van der Waals surface area contributed by atoms with Gasteiger partial charge >= 0.3 is 0 Å². The molecule has 1 rings (SSSR count). The third-order valence-electron chi connectivity index (χ3n) is 2.82. The second-order valence-corrected chi connectivity index (χ2v) is 5.81. The maximum absolute atomic E-state index is 11.8. The molecule has 0 saturated heterocycles. The van der Waals surface area contributed by atoms with E-state index in [4.69, 9.17) is 11.6 Å². The Balaban J connectivity index is 2.46. The van der Waals surface area contributed by atoms with Crippen molar-refractivity contribution in [2.75, 3.05) is 6.54 Å². The molecule has 0 aliphatic rings. The van der Waals surface area contributed by atoms with E-state index in [9.17, 15) is 9.90 Å². The summed E-state index contributed by atoms with van der Waals surface area (Å²) in [7, 11) is 0. The van der Waals surface area contributed by atoms with Gasteiger partial charge in [0.05, 0.1) is 16.7 Å². The minimum atomic E-state index is -0.441. The zero-order chi connectivity index (χ0) is 13.8. The molecule has 2 N–H and O–H groups in total. The van der Waals surface area contributed by atoms with Crippen molar-refractivity contribution in [2.45, 2.75) is 33.3 Å². The van der Waals surface area contributed by atoms with Crippen LogP contribution >= 0.6 is 11.6 Å². The molecule has 1 amide bonds. The van der Waals surface area contributed by atoms with Crippen molar-refractivity contribution in [1.29, 1.82) is 0 Å². The van der Waals surface area contributed by atoms with Crippen LogP contribution in [0.1, 0.15) is 37.6 Å². The molecule has 0 unspecified atom stereocenters. The molecule has 0 fully saturated rings. The van der Waals surface area contributed by atoms with Crippen molar-refractivity contribution < 1.29 is 9.90 Å². The first-order valence-corrected chi connectivity index (χ1v) is 6.41. The van der Waals surface area contributed by atoms with Crippen molar-refractivity contribution >= 4 is 17.5 Å². The Bertz CT molecular complexity index is 413. The molecule has 100 valence electrons. The van der Waals surface area contributed by atoms with E-state index in [1.807, 2.05) is 20.8 Å². The lowest BCUT2D eigenvalue weighted by molar-refractivity contribution is 0.0551. The van der Waals surface area contributed by atoms with Crippen molar-refractivity contribution in [2.24, 2.45) is 5.41 Å². The summed E-state index contributed by atoms with van der Waals surface area (Å²) in [5.74, 6) is -0.207. The Morgan fingerprint density at radius 3 is 2.56 bits per heavy atom. The molecule has 1 aromatic rings. The fraction of sp³-hybridized carbons (Fsp3) is 0.500. The molecule has 3 nitrogen and oxygen atoms in total. The van der Waals surface area contributed by atoms with Crippen LogP contribution in [0.2, 0.25) is 5.02 Å². The lowest BCUT2D eigenvalue weighted by Crippen LogP contribution is -2.32. The molecule has 0 saturated carbocycles. The standard InChI is InChI=1S/C14H20ClNO2/c1-14(2,3)12(17)8-9-16-13(18)10-6-4-5-7-11(10)15/h4-7,12,17H,8-9H2,1-3H3,(H,16,18)/t12-/m1/s1. The maximum Gasteiger partial charge on any atom is 0.252 e. The van der Waals surface area contributed by atoms with Crippen molar-refractivity contribution in [3.63, 3.8) is 0 Å². The van der Waals surface area contributed by atoms with Crippen LogP contribution in [0.4, 0.5) is 0 Å². The van der Waals surface area contributed by atoms with Gasteiger partial charge in [0.2, 0.25) is 0 Å². The van der Waals surface area contributed by atoms with Crippen molar-refractivity contribution in [3.05, 3.63) is 34.9 Å². The Morgan fingerprint density at radius 1 is 1.39 bits per heavy atom. The van der Waals surface area contributed by atoms with Crippen LogP contribution < -0.4 is 5.32 Å². The van der Waals surface area contributed by atoms with Crippen molar-refractivity contribution in [3.8, 4) is 0 Å². The van der Waals surface area contributed by atoms with Gasteiger partial charge in [0.25, 0.3) is 5.91 Å². The van der Waals surface area contributed by atoms with Gasteiger partial charge in [0.1, 0.15) is 0 Å². The highest BCUT2D eigenvalue weighted by atomic mass is 35.5. The predicted molar refractivity (Wildman–Crippen MR) is 73.9 cm³/mol. The highest BCUT2D eigenvalue weighted by Crippen LogP contribution is 2.21. The van der Waals surface area contributed by atoms with E-state index in [0.29, 0.717) is 23.6 Å². The van der Waals surface area contributed by atoms with E-state index in [1.165, 1.54) is 0 Å². The lowest BCUT2D eigenvalue weighted by atomic mass is 9.87. The van der Waals surface area contributed by atoms with Gasteiger partial charge < -0.3 is 10.4 Å². The van der Waals surface area contributed by atoms with Gasteiger partial charge in [0.15, 0.2) is 0 Å². The second kappa shape index (κ2) is 6.21. The third kappa shape index (κ3) is 4.31. The van der Waals surface area contributed by atoms with E-state index in [2.05, 4.69) is 5.32 Å². The minimum absolute atomic E-state index is 0.172. The van der Waals surface area contributed by atoms with Crippen LogP contribution in [-0.4, -0.2) is 23.7 Å². The maximum atomic E-state index is 11.8. The van der Waals surface area contributed by atoms with Crippen LogP contribution in [0.15, 0.2) is 24.3 Å². The molecule has 18 heavy (non-hydrogen) atoms. The molecule has 0 radical (unpaired) electrons. The molecular weight excluding hydrogens is 250 g/mol. The molecule has 0 heterocycles. The predicted octanol–water partition coefficient (Wildman–Crippen LogP) is 2.87. The highest BCUT2D eigenvalue weighted by molar-refractivity contribution is 6.33. The van der Waals surface area contributed by atoms with E-state index in [1.54, 1.807) is 24.3 Å². The number of hydrogen-bond donors (Lipinski definition) is 2. The Labute approximate surface area is 113 Å². The third-order valence-corrected chi connectivity index (χ3v) is 3.15. The van der Waals surface area contributed by atoms with Gasteiger partial charge in [-0.1, -0.05) is 44.5 Å². The number of benzene rings is 1. The molecule has 0 bridgehead atoms. The quantitative estimate of drug-likeness (QED) is 0.883. The van der Waals surface area contributed by atoms with E-state index >= 15 is 0 Å². The van der Waals surface area contributed by atoms with Crippen molar-refractivity contribution in [1.82, 2.24) is 5.32 Å². The first-order chi connectivity index (χ1) is 8.32. The Kier molecular flexibility index (Phi) is 5.17. The number of hydrogen-bond acceptors (Lipinski definition) is 2. The molecule has 0 aliphatic heterocycles. The Morgan fingerprint density at radius 2 is 2.00 bits per heavy atom. The minimum Gasteiger partial charge on any atom is -0.393 e. The SMILES string of the molecule is CC(C)(C)[C@H](O)CCNC(=O)c1ccccc1Cl. The van der Waals surface area contributed by atoms with Crippen LogP contribution in [-0.2, 0) is 0 Å². The first kappa shape index (κ1) is 15.0. The molecule has 0 aliphatic carbocycles. The summed E-state index contributed by atoms with van der Waals surface area (Å²) in [6.45, 7) is 6.33. The average molecular weight is 270 g/mol. The van der Waals surface area contributed by atoms with Crippen LogP contribution in [0.5, 0.6) is 0 Å². The summed E-state index contributed by atoms with van der Waals surface area (Å²) in [4.78, 5) is 11.8.